The summed E-state index contributed by atoms with van der Waals surface area (Å²) in [5, 5.41) is 9.83. The van der Waals surface area contributed by atoms with Crippen LogP contribution in [-0.4, -0.2) is 36.8 Å². The van der Waals surface area contributed by atoms with Crippen LogP contribution < -0.4 is 0 Å². The van der Waals surface area contributed by atoms with E-state index in [1.807, 2.05) is 0 Å². The predicted octanol–water partition coefficient (Wildman–Crippen LogP) is 1.30. The van der Waals surface area contributed by atoms with Crippen molar-refractivity contribution >= 4 is 13.6 Å². The maximum atomic E-state index is 11.7. The molecule has 2 atom stereocenters. The molecule has 0 aromatic rings. The van der Waals surface area contributed by atoms with Gasteiger partial charge in [0.1, 0.15) is 11.7 Å². The Bertz CT molecular complexity index is 303. The summed E-state index contributed by atoms with van der Waals surface area (Å²) in [6.07, 6.45) is -0.0257. The second-order valence-corrected chi connectivity index (χ2v) is 5.11. The highest BCUT2D eigenvalue weighted by Crippen LogP contribution is 2.50. The highest BCUT2D eigenvalue weighted by Gasteiger charge is 2.40. The average molecular weight is 252 g/mol. The fourth-order valence-corrected chi connectivity index (χ4v) is 1.77. The summed E-state index contributed by atoms with van der Waals surface area (Å²) >= 11 is 0. The summed E-state index contributed by atoms with van der Waals surface area (Å²) in [4.78, 5) is 11.2. The molecular formula is C9H17O6P. The number of carbonyl (C=O) groups excluding carboxylic acids is 1. The molecule has 0 bridgehead atoms. The van der Waals surface area contributed by atoms with Gasteiger partial charge in [0.25, 0.3) is 0 Å². The number of rotatable bonds is 7. The number of hydrogen-bond donors (Lipinski definition) is 1. The van der Waals surface area contributed by atoms with Crippen molar-refractivity contribution in [3.05, 3.63) is 12.7 Å². The molecule has 0 fully saturated rings. The molecule has 0 spiro atoms. The SMILES string of the molecule is C=C[C@@H](OP(=O)(OC)OC)[C@](C)(O)C(C)=O. The minimum Gasteiger partial charge on any atom is -0.379 e. The highest BCUT2D eigenvalue weighted by molar-refractivity contribution is 7.48. The van der Waals surface area contributed by atoms with Crippen molar-refractivity contribution in [2.75, 3.05) is 14.2 Å². The molecule has 94 valence electrons. The van der Waals surface area contributed by atoms with Crippen LogP contribution in [0.1, 0.15) is 13.8 Å². The maximum absolute atomic E-state index is 11.7. The lowest BCUT2D eigenvalue weighted by atomic mass is 9.95. The lowest BCUT2D eigenvalue weighted by molar-refractivity contribution is -0.140. The van der Waals surface area contributed by atoms with Gasteiger partial charge in [-0.3, -0.25) is 18.4 Å². The van der Waals surface area contributed by atoms with E-state index >= 15 is 0 Å². The Morgan fingerprint density at radius 2 is 1.94 bits per heavy atom. The van der Waals surface area contributed by atoms with Crippen LogP contribution in [0.4, 0.5) is 0 Å². The molecule has 1 N–H and O–H groups in total. The number of carbonyl (C=O) groups is 1. The molecule has 0 unspecified atom stereocenters. The van der Waals surface area contributed by atoms with Crippen molar-refractivity contribution in [3.63, 3.8) is 0 Å². The smallest absolute Gasteiger partial charge is 0.379 e. The minimum atomic E-state index is -3.77. The van der Waals surface area contributed by atoms with Crippen molar-refractivity contribution < 1.29 is 28.0 Å². The van der Waals surface area contributed by atoms with Crippen LogP contribution in [0.2, 0.25) is 0 Å². The molecule has 0 aromatic heterocycles. The van der Waals surface area contributed by atoms with Gasteiger partial charge in [-0.05, 0) is 13.8 Å². The highest BCUT2D eigenvalue weighted by atomic mass is 31.2. The van der Waals surface area contributed by atoms with Gasteiger partial charge in [0.05, 0.1) is 0 Å². The number of hydrogen-bond acceptors (Lipinski definition) is 6. The fourth-order valence-electron chi connectivity index (χ4n) is 0.875. The van der Waals surface area contributed by atoms with Crippen molar-refractivity contribution in [2.45, 2.75) is 25.6 Å². The fraction of sp³-hybridized carbons (Fsp3) is 0.667. The summed E-state index contributed by atoms with van der Waals surface area (Å²) < 4.78 is 25.7. The van der Waals surface area contributed by atoms with E-state index in [4.69, 9.17) is 4.52 Å². The second-order valence-electron chi connectivity index (χ2n) is 3.28. The van der Waals surface area contributed by atoms with Crippen molar-refractivity contribution in [1.82, 2.24) is 0 Å². The summed E-state index contributed by atoms with van der Waals surface area (Å²) in [6, 6.07) is 0. The van der Waals surface area contributed by atoms with Gasteiger partial charge < -0.3 is 5.11 Å². The van der Waals surface area contributed by atoms with Crippen LogP contribution in [0, 0.1) is 0 Å². The van der Waals surface area contributed by atoms with E-state index in [0.717, 1.165) is 20.3 Å². The Morgan fingerprint density at radius 3 is 2.19 bits per heavy atom. The van der Waals surface area contributed by atoms with Gasteiger partial charge in [-0.1, -0.05) is 6.08 Å². The molecule has 0 heterocycles. The summed E-state index contributed by atoms with van der Waals surface area (Å²) in [5.41, 5.74) is -1.84. The Hall–Kier alpha value is -0.520. The van der Waals surface area contributed by atoms with E-state index < -0.39 is 25.3 Å². The molecule has 0 radical (unpaired) electrons. The lowest BCUT2D eigenvalue weighted by Crippen LogP contribution is -2.45. The molecule has 0 aromatic carbocycles. The first-order valence-electron chi connectivity index (χ1n) is 4.49. The number of Topliss-reactive ketones (excluding diaryl/α,β-unsaturated/α-hetero) is 1. The standard InChI is InChI=1S/C9H17O6P/c1-6-8(9(3,11)7(2)10)15-16(12,13-4)14-5/h6,8,11H,1H2,2-5H3/t8-,9-/m1/s1. The molecule has 0 saturated heterocycles. The van der Waals surface area contributed by atoms with Crippen LogP contribution >= 0.6 is 7.82 Å². The molecule has 0 saturated carbocycles. The first-order valence-corrected chi connectivity index (χ1v) is 5.95. The Morgan fingerprint density at radius 1 is 1.50 bits per heavy atom. The van der Waals surface area contributed by atoms with Crippen molar-refractivity contribution in [2.24, 2.45) is 0 Å². The normalized spacial score (nSPS) is 17.6. The van der Waals surface area contributed by atoms with Crippen molar-refractivity contribution in [1.29, 1.82) is 0 Å². The number of aliphatic hydroxyl groups is 1. The van der Waals surface area contributed by atoms with Crippen LogP contribution in [0.5, 0.6) is 0 Å². The third-order valence-electron chi connectivity index (χ3n) is 2.17. The van der Waals surface area contributed by atoms with E-state index in [1.165, 1.54) is 13.8 Å². The van der Waals surface area contributed by atoms with Gasteiger partial charge in [-0.15, -0.1) is 6.58 Å². The maximum Gasteiger partial charge on any atom is 0.474 e. The molecule has 6 nitrogen and oxygen atoms in total. The van der Waals surface area contributed by atoms with Gasteiger partial charge in [0.15, 0.2) is 5.78 Å². The molecule has 0 amide bonds. The zero-order valence-electron chi connectivity index (χ0n) is 9.80. The Kier molecular flexibility index (Phi) is 5.52. The molecule has 7 heteroatoms. The van der Waals surface area contributed by atoms with E-state index in [-0.39, 0.29) is 0 Å². The topological polar surface area (TPSA) is 82.1 Å². The number of phosphoric acid groups is 1. The molecule has 0 aliphatic rings. The summed E-state index contributed by atoms with van der Waals surface area (Å²) in [7, 11) is -1.51. The molecule has 16 heavy (non-hydrogen) atoms. The predicted molar refractivity (Wildman–Crippen MR) is 58.0 cm³/mol. The first-order chi connectivity index (χ1) is 7.23. The third-order valence-corrected chi connectivity index (χ3v) is 3.55. The van der Waals surface area contributed by atoms with E-state index in [2.05, 4.69) is 15.6 Å². The molecule has 0 aliphatic carbocycles. The zero-order valence-corrected chi connectivity index (χ0v) is 10.7. The first kappa shape index (κ1) is 15.5. The van der Waals surface area contributed by atoms with Crippen LogP contribution in [0.15, 0.2) is 12.7 Å². The van der Waals surface area contributed by atoms with Gasteiger partial charge in [0.2, 0.25) is 0 Å². The number of phosphoric ester groups is 1. The quantitative estimate of drug-likeness (QED) is 0.543. The molecular weight excluding hydrogens is 235 g/mol. The minimum absolute atomic E-state index is 0.545. The van der Waals surface area contributed by atoms with Crippen molar-refractivity contribution in [3.8, 4) is 0 Å². The van der Waals surface area contributed by atoms with Gasteiger partial charge in [0, 0.05) is 14.2 Å². The summed E-state index contributed by atoms with van der Waals surface area (Å²) in [6.45, 7) is 5.81. The monoisotopic (exact) mass is 252 g/mol. The van der Waals surface area contributed by atoms with Gasteiger partial charge in [-0.25, -0.2) is 4.57 Å². The molecule has 0 rings (SSSR count). The second kappa shape index (κ2) is 5.70. The van der Waals surface area contributed by atoms with E-state index in [0.29, 0.717) is 0 Å². The van der Waals surface area contributed by atoms with Gasteiger partial charge in [-0.2, -0.15) is 0 Å². The zero-order chi connectivity index (χ0) is 13.0. The van der Waals surface area contributed by atoms with E-state index in [9.17, 15) is 14.5 Å². The van der Waals surface area contributed by atoms with Crippen LogP contribution in [-0.2, 0) is 22.9 Å². The Labute approximate surface area is 94.8 Å². The van der Waals surface area contributed by atoms with Crippen LogP contribution in [0.3, 0.4) is 0 Å². The van der Waals surface area contributed by atoms with E-state index in [1.54, 1.807) is 0 Å². The lowest BCUT2D eigenvalue weighted by Gasteiger charge is -2.29. The third kappa shape index (κ3) is 3.50. The molecule has 0 aliphatic heterocycles. The largest absolute Gasteiger partial charge is 0.474 e. The average Bonchev–Trinajstić information content (AvgIpc) is 2.25. The Balaban J connectivity index is 4.98. The van der Waals surface area contributed by atoms with Crippen LogP contribution in [0.25, 0.3) is 0 Å². The van der Waals surface area contributed by atoms with Gasteiger partial charge >= 0.3 is 7.82 Å². The number of ketones is 1. The summed E-state index contributed by atoms with van der Waals surface area (Å²) in [5.74, 6) is -0.545.